The molecule has 0 heterocycles. The van der Waals surface area contributed by atoms with Crippen molar-refractivity contribution >= 4 is 46.3 Å². The average Bonchev–Trinajstić information content (AvgIpc) is 2.92. The Hall–Kier alpha value is -4.48. The Bertz CT molecular complexity index is 1280. The lowest BCUT2D eigenvalue weighted by atomic mass is 9.94. The van der Waals surface area contributed by atoms with Crippen LogP contribution in [-0.2, 0) is 30.4 Å². The third-order valence-electron chi connectivity index (χ3n) is 6.68. The van der Waals surface area contributed by atoms with Crippen molar-refractivity contribution in [1.82, 2.24) is 21.3 Å². The maximum Gasteiger partial charge on any atom is 0.405 e. The van der Waals surface area contributed by atoms with Crippen LogP contribution in [0.25, 0.3) is 10.8 Å². The summed E-state index contributed by atoms with van der Waals surface area (Å²) < 4.78 is 0. The van der Waals surface area contributed by atoms with Gasteiger partial charge in [0.15, 0.2) is 0 Å². The number of hydrogen-bond acceptors (Lipinski definition) is 6. The molecule has 12 heteroatoms. The van der Waals surface area contributed by atoms with Gasteiger partial charge in [-0.05, 0) is 34.6 Å². The monoisotopic (exact) mass is 569 g/mol. The van der Waals surface area contributed by atoms with Crippen LogP contribution >= 0.6 is 0 Å². The summed E-state index contributed by atoms with van der Waals surface area (Å²) in [7, 11) is 0. The fourth-order valence-electron chi connectivity index (χ4n) is 4.27. The number of amides is 5. The lowest BCUT2D eigenvalue weighted by Gasteiger charge is -2.26. The van der Waals surface area contributed by atoms with Crippen LogP contribution in [0.4, 0.5) is 4.79 Å². The van der Waals surface area contributed by atoms with Crippen molar-refractivity contribution in [2.45, 2.75) is 65.1 Å². The predicted octanol–water partition coefficient (Wildman–Crippen LogP) is 1.25. The van der Waals surface area contributed by atoms with Crippen molar-refractivity contribution in [3.8, 4) is 0 Å². The molecule has 0 aromatic heterocycles. The van der Waals surface area contributed by atoms with Gasteiger partial charge < -0.3 is 32.1 Å². The molecule has 0 spiro atoms. The van der Waals surface area contributed by atoms with Gasteiger partial charge in [0.1, 0.15) is 12.1 Å². The van der Waals surface area contributed by atoms with Gasteiger partial charge in [-0.1, -0.05) is 76.6 Å². The number of carboxylic acid groups (broad SMARTS) is 1. The van der Waals surface area contributed by atoms with Crippen LogP contribution < -0.4 is 27.0 Å². The molecule has 2 aromatic carbocycles. The topological polar surface area (TPSA) is 197 Å². The molecule has 7 N–H and O–H groups in total. The third kappa shape index (κ3) is 10.2. The van der Waals surface area contributed by atoms with Gasteiger partial charge in [-0.15, -0.1) is 0 Å². The Kier molecular flexibility index (Phi) is 12.2. The molecule has 4 atom stereocenters. The van der Waals surface area contributed by atoms with E-state index in [1.165, 1.54) is 0 Å². The van der Waals surface area contributed by atoms with Gasteiger partial charge in [0, 0.05) is 6.42 Å². The smallest absolute Gasteiger partial charge is 0.405 e. The highest BCUT2D eigenvalue weighted by Crippen LogP contribution is 2.17. The van der Waals surface area contributed by atoms with Gasteiger partial charge in [-0.2, -0.15) is 0 Å². The maximum atomic E-state index is 13.0. The van der Waals surface area contributed by atoms with Crippen molar-refractivity contribution in [2.24, 2.45) is 17.6 Å². The molecule has 0 aliphatic rings. The quantitative estimate of drug-likeness (QED) is 0.173. The van der Waals surface area contributed by atoms with E-state index >= 15 is 0 Å². The van der Waals surface area contributed by atoms with Crippen LogP contribution in [0.3, 0.4) is 0 Å². The number of ketones is 1. The summed E-state index contributed by atoms with van der Waals surface area (Å²) in [4.78, 5) is 74.2. The first kappa shape index (κ1) is 32.7. The number of fused-ring (bicyclic) bond motifs is 1. The molecule has 12 nitrogen and oxygen atoms in total. The molecule has 5 amide bonds. The Labute approximate surface area is 238 Å². The molecule has 0 aliphatic carbocycles. The minimum absolute atomic E-state index is 0.0253. The molecule has 0 bridgehead atoms. The van der Waals surface area contributed by atoms with Crippen LogP contribution in [0.5, 0.6) is 0 Å². The van der Waals surface area contributed by atoms with Gasteiger partial charge in [-0.25, -0.2) is 4.79 Å². The van der Waals surface area contributed by atoms with Crippen LogP contribution in [-0.4, -0.2) is 65.3 Å². The first-order valence-corrected chi connectivity index (χ1v) is 13.5. The summed E-state index contributed by atoms with van der Waals surface area (Å²) in [5, 5.41) is 20.4. The van der Waals surface area contributed by atoms with Crippen molar-refractivity contribution < 1.29 is 33.9 Å². The standard InChI is InChI=1S/C29H39N5O7/c1-5-17(4)24(34-27(38)22(12-16(2)3)33-29(40)41)25(36)28(39)31-15-23(35)32-21(26(30)37)14-18-10-11-19-8-6-7-9-20(19)13-18/h6-11,13,16-17,21-22,24,33H,5,12,14-15H2,1-4H3,(H2,30,37)(H,31,39)(H,32,35)(H,34,38)(H,40,41)/t17-,21?,22+,24?/m0/s1. The van der Waals surface area contributed by atoms with Crippen molar-refractivity contribution in [3.63, 3.8) is 0 Å². The molecule has 222 valence electrons. The Morgan fingerprint density at radius 2 is 1.54 bits per heavy atom. The predicted molar refractivity (Wildman–Crippen MR) is 153 cm³/mol. The molecule has 0 radical (unpaired) electrons. The molecule has 2 aromatic rings. The van der Waals surface area contributed by atoms with E-state index in [9.17, 15) is 28.8 Å². The summed E-state index contributed by atoms with van der Waals surface area (Å²) in [6.07, 6.45) is -0.647. The molecular weight excluding hydrogens is 530 g/mol. The van der Waals surface area contributed by atoms with E-state index in [4.69, 9.17) is 10.8 Å². The molecule has 0 saturated carbocycles. The molecule has 0 fully saturated rings. The van der Waals surface area contributed by atoms with E-state index in [-0.39, 0.29) is 18.8 Å². The first-order valence-electron chi connectivity index (χ1n) is 13.5. The van der Waals surface area contributed by atoms with E-state index in [0.29, 0.717) is 6.42 Å². The van der Waals surface area contributed by atoms with Crippen LogP contribution in [0.15, 0.2) is 42.5 Å². The minimum atomic E-state index is -1.39. The van der Waals surface area contributed by atoms with Crippen LogP contribution in [0.1, 0.15) is 46.1 Å². The van der Waals surface area contributed by atoms with E-state index < -0.39 is 66.1 Å². The number of Topliss-reactive ketones (excluding diaryl/α,β-unsaturated/α-hetero) is 1. The summed E-state index contributed by atoms with van der Waals surface area (Å²) in [6.45, 7) is 6.44. The zero-order chi connectivity index (χ0) is 30.7. The number of rotatable bonds is 15. The summed E-state index contributed by atoms with van der Waals surface area (Å²) in [5.74, 6) is -4.81. The van der Waals surface area contributed by atoms with Gasteiger partial charge in [0.2, 0.25) is 23.5 Å². The van der Waals surface area contributed by atoms with Crippen LogP contribution in [0, 0.1) is 11.8 Å². The fraction of sp³-hybridized carbons (Fsp3) is 0.448. The number of nitrogens with two attached hydrogens (primary N) is 1. The lowest BCUT2D eigenvalue weighted by Crippen LogP contribution is -2.56. The minimum Gasteiger partial charge on any atom is -0.465 e. The number of primary amides is 1. The van der Waals surface area contributed by atoms with E-state index in [1.807, 2.05) is 56.3 Å². The number of carbonyl (C=O) groups is 6. The molecule has 0 saturated heterocycles. The summed E-state index contributed by atoms with van der Waals surface area (Å²) in [5.41, 5.74) is 6.26. The van der Waals surface area contributed by atoms with E-state index in [0.717, 1.165) is 16.3 Å². The van der Waals surface area contributed by atoms with E-state index in [1.54, 1.807) is 13.8 Å². The number of nitrogens with one attached hydrogen (secondary N) is 4. The second-order valence-electron chi connectivity index (χ2n) is 10.5. The largest absolute Gasteiger partial charge is 0.465 e. The van der Waals surface area contributed by atoms with Gasteiger partial charge >= 0.3 is 6.09 Å². The molecule has 41 heavy (non-hydrogen) atoms. The third-order valence-corrected chi connectivity index (χ3v) is 6.68. The zero-order valence-electron chi connectivity index (χ0n) is 23.7. The second kappa shape index (κ2) is 15.3. The second-order valence-corrected chi connectivity index (χ2v) is 10.5. The number of benzene rings is 2. The number of hydrogen-bond donors (Lipinski definition) is 6. The molecule has 2 rings (SSSR count). The fourth-order valence-corrected chi connectivity index (χ4v) is 4.27. The highest BCUT2D eigenvalue weighted by molar-refractivity contribution is 6.38. The van der Waals surface area contributed by atoms with Gasteiger partial charge in [-0.3, -0.25) is 24.0 Å². The SMILES string of the molecule is CC[C@H](C)C(NC(=O)[C@@H](CC(C)C)NC(=O)O)C(=O)C(=O)NCC(=O)NC(Cc1ccc2ccccc2c1)C(N)=O. The van der Waals surface area contributed by atoms with E-state index in [2.05, 4.69) is 21.3 Å². The maximum absolute atomic E-state index is 13.0. The highest BCUT2D eigenvalue weighted by atomic mass is 16.4. The zero-order valence-corrected chi connectivity index (χ0v) is 23.7. The molecule has 0 aliphatic heterocycles. The Morgan fingerprint density at radius 3 is 2.12 bits per heavy atom. The normalized spacial score (nSPS) is 13.9. The average molecular weight is 570 g/mol. The molecular formula is C29H39N5O7. The van der Waals surface area contributed by atoms with Crippen LogP contribution in [0.2, 0.25) is 0 Å². The first-order chi connectivity index (χ1) is 19.3. The number of carbonyl (C=O) groups excluding carboxylic acids is 5. The Morgan fingerprint density at radius 1 is 0.878 bits per heavy atom. The van der Waals surface area contributed by atoms with Gasteiger partial charge in [0.05, 0.1) is 12.6 Å². The van der Waals surface area contributed by atoms with Gasteiger partial charge in [0.25, 0.3) is 5.91 Å². The summed E-state index contributed by atoms with van der Waals surface area (Å²) in [6, 6.07) is 9.86. The highest BCUT2D eigenvalue weighted by Gasteiger charge is 2.33. The lowest BCUT2D eigenvalue weighted by molar-refractivity contribution is -0.141. The Balaban J connectivity index is 2.02. The van der Waals surface area contributed by atoms with Crippen molar-refractivity contribution in [1.29, 1.82) is 0 Å². The van der Waals surface area contributed by atoms with Crippen molar-refractivity contribution in [3.05, 3.63) is 48.0 Å². The molecule has 2 unspecified atom stereocenters. The van der Waals surface area contributed by atoms with Crippen molar-refractivity contribution in [2.75, 3.05) is 6.54 Å². The summed E-state index contributed by atoms with van der Waals surface area (Å²) >= 11 is 0.